The third-order valence-electron chi connectivity index (χ3n) is 3.64. The van der Waals surface area contributed by atoms with E-state index >= 15 is 0 Å². The summed E-state index contributed by atoms with van der Waals surface area (Å²) in [4.78, 5) is 36.6. The highest BCUT2D eigenvalue weighted by molar-refractivity contribution is 5.90. The summed E-state index contributed by atoms with van der Waals surface area (Å²) in [6.45, 7) is 1.54. The second-order valence-corrected chi connectivity index (χ2v) is 5.33. The summed E-state index contributed by atoms with van der Waals surface area (Å²) >= 11 is 0. The van der Waals surface area contributed by atoms with Gasteiger partial charge in [0, 0.05) is 38.0 Å². The van der Waals surface area contributed by atoms with Gasteiger partial charge in [-0.15, -0.1) is 0 Å². The zero-order chi connectivity index (χ0) is 16.2. The molecule has 9 nitrogen and oxygen atoms in total. The van der Waals surface area contributed by atoms with Gasteiger partial charge in [-0.2, -0.15) is 5.10 Å². The fourth-order valence-electron chi connectivity index (χ4n) is 2.40. The maximum atomic E-state index is 11.9. The fraction of sp³-hybridized carbons (Fsp3) is 0.429. The van der Waals surface area contributed by atoms with E-state index in [-0.39, 0.29) is 24.9 Å². The van der Waals surface area contributed by atoms with E-state index in [0.717, 1.165) is 13.0 Å². The van der Waals surface area contributed by atoms with Crippen molar-refractivity contribution < 1.29 is 9.53 Å². The minimum atomic E-state index is -0.528. The van der Waals surface area contributed by atoms with Crippen molar-refractivity contribution in [1.29, 1.82) is 0 Å². The summed E-state index contributed by atoms with van der Waals surface area (Å²) in [5.74, 6) is -0.231. The van der Waals surface area contributed by atoms with Gasteiger partial charge >= 0.3 is 5.69 Å². The van der Waals surface area contributed by atoms with Crippen molar-refractivity contribution in [3.05, 3.63) is 45.5 Å². The first kappa shape index (κ1) is 15.2. The number of hydrogen-bond acceptors (Lipinski definition) is 5. The van der Waals surface area contributed by atoms with E-state index in [1.165, 1.54) is 16.8 Å². The van der Waals surface area contributed by atoms with Crippen molar-refractivity contribution in [2.45, 2.75) is 25.4 Å². The zero-order valence-electron chi connectivity index (χ0n) is 12.4. The highest BCUT2D eigenvalue weighted by Gasteiger charge is 2.18. The van der Waals surface area contributed by atoms with Gasteiger partial charge in [0.25, 0.3) is 5.56 Å². The molecule has 1 saturated heterocycles. The smallest absolute Gasteiger partial charge is 0.328 e. The predicted octanol–water partition coefficient (Wildman–Crippen LogP) is -0.277. The molecule has 23 heavy (non-hydrogen) atoms. The van der Waals surface area contributed by atoms with Crippen molar-refractivity contribution in [2.75, 3.05) is 18.5 Å². The van der Waals surface area contributed by atoms with Crippen LogP contribution < -0.4 is 16.6 Å². The standard InChI is InChI=1S/C14H17N5O4/c20-12(1-4-18-5-2-13(21)17-14(18)22)16-10-7-15-19(8-10)11-3-6-23-9-11/h2,5,7-8,11H,1,3-4,6,9H2,(H,16,20)(H,17,21,22)/t11-/m0/s1. The van der Waals surface area contributed by atoms with Crippen LogP contribution in [0.3, 0.4) is 0 Å². The second kappa shape index (κ2) is 6.61. The molecule has 2 aromatic heterocycles. The van der Waals surface area contributed by atoms with E-state index in [9.17, 15) is 14.4 Å². The molecule has 0 aromatic carbocycles. The van der Waals surface area contributed by atoms with E-state index in [2.05, 4.69) is 15.4 Å². The van der Waals surface area contributed by atoms with Crippen LogP contribution in [0.25, 0.3) is 0 Å². The molecule has 122 valence electrons. The summed E-state index contributed by atoms with van der Waals surface area (Å²) in [6, 6.07) is 1.45. The molecular weight excluding hydrogens is 302 g/mol. The molecule has 0 unspecified atom stereocenters. The number of aromatic amines is 1. The molecule has 2 N–H and O–H groups in total. The van der Waals surface area contributed by atoms with Gasteiger partial charge < -0.3 is 14.6 Å². The SMILES string of the molecule is O=C(CCn1ccc(=O)[nH]c1=O)Nc1cnn([C@H]2CCOC2)c1. The number of aromatic nitrogens is 4. The number of aryl methyl sites for hydroxylation is 1. The molecule has 0 saturated carbocycles. The Balaban J connectivity index is 1.55. The first-order valence-corrected chi connectivity index (χ1v) is 7.33. The predicted molar refractivity (Wildman–Crippen MR) is 81.3 cm³/mol. The molecule has 1 amide bonds. The molecular formula is C14H17N5O4. The molecule has 3 rings (SSSR count). The maximum absolute atomic E-state index is 11.9. The number of rotatable bonds is 5. The van der Waals surface area contributed by atoms with Crippen molar-refractivity contribution in [3.8, 4) is 0 Å². The lowest BCUT2D eigenvalue weighted by atomic mass is 10.3. The van der Waals surface area contributed by atoms with E-state index in [4.69, 9.17) is 4.74 Å². The van der Waals surface area contributed by atoms with Gasteiger partial charge in [-0.25, -0.2) is 4.79 Å². The van der Waals surface area contributed by atoms with Gasteiger partial charge in [-0.3, -0.25) is 19.3 Å². The van der Waals surface area contributed by atoms with E-state index in [1.807, 2.05) is 0 Å². The number of anilines is 1. The molecule has 0 aliphatic carbocycles. The van der Waals surface area contributed by atoms with Gasteiger partial charge in [-0.1, -0.05) is 0 Å². The average Bonchev–Trinajstić information content (AvgIpc) is 3.17. The number of amides is 1. The van der Waals surface area contributed by atoms with Crippen LogP contribution in [0.4, 0.5) is 5.69 Å². The Morgan fingerprint density at radius 3 is 3.09 bits per heavy atom. The van der Waals surface area contributed by atoms with Gasteiger partial charge in [0.15, 0.2) is 0 Å². The highest BCUT2D eigenvalue weighted by Crippen LogP contribution is 2.19. The van der Waals surface area contributed by atoms with Crippen LogP contribution in [0.5, 0.6) is 0 Å². The Labute approximate surface area is 130 Å². The summed E-state index contributed by atoms with van der Waals surface area (Å²) in [7, 11) is 0. The Hall–Kier alpha value is -2.68. The quantitative estimate of drug-likeness (QED) is 0.787. The Morgan fingerprint density at radius 1 is 1.48 bits per heavy atom. The lowest BCUT2D eigenvalue weighted by molar-refractivity contribution is -0.116. The summed E-state index contributed by atoms with van der Waals surface area (Å²) in [5.41, 5.74) is -0.380. The average molecular weight is 319 g/mol. The summed E-state index contributed by atoms with van der Waals surface area (Å²) in [5, 5.41) is 6.96. The van der Waals surface area contributed by atoms with Gasteiger partial charge in [0.1, 0.15) is 0 Å². The number of nitrogens with zero attached hydrogens (tertiary/aromatic N) is 3. The number of carbonyl (C=O) groups is 1. The Kier molecular flexibility index (Phi) is 4.38. The Morgan fingerprint density at radius 2 is 2.35 bits per heavy atom. The van der Waals surface area contributed by atoms with Crippen LogP contribution in [-0.2, 0) is 16.1 Å². The monoisotopic (exact) mass is 319 g/mol. The molecule has 1 fully saturated rings. The first-order valence-electron chi connectivity index (χ1n) is 7.33. The summed E-state index contributed by atoms with van der Waals surface area (Å²) < 4.78 is 8.37. The van der Waals surface area contributed by atoms with Crippen molar-refractivity contribution in [2.24, 2.45) is 0 Å². The fourth-order valence-corrected chi connectivity index (χ4v) is 2.40. The molecule has 0 spiro atoms. The van der Waals surface area contributed by atoms with E-state index in [1.54, 1.807) is 17.1 Å². The van der Waals surface area contributed by atoms with Crippen molar-refractivity contribution in [3.63, 3.8) is 0 Å². The largest absolute Gasteiger partial charge is 0.379 e. The molecule has 1 aliphatic rings. The molecule has 9 heteroatoms. The molecule has 1 aliphatic heterocycles. The van der Waals surface area contributed by atoms with E-state index < -0.39 is 11.2 Å². The van der Waals surface area contributed by atoms with Gasteiger partial charge in [0.05, 0.1) is 24.5 Å². The minimum absolute atomic E-state index is 0.115. The van der Waals surface area contributed by atoms with Crippen LogP contribution in [0.15, 0.2) is 34.2 Å². The van der Waals surface area contributed by atoms with Crippen molar-refractivity contribution in [1.82, 2.24) is 19.3 Å². The number of carbonyl (C=O) groups excluding carboxylic acids is 1. The number of H-pyrrole nitrogens is 1. The normalized spacial score (nSPS) is 17.3. The lowest BCUT2D eigenvalue weighted by Crippen LogP contribution is -2.29. The third kappa shape index (κ3) is 3.75. The maximum Gasteiger partial charge on any atom is 0.328 e. The molecule has 0 bridgehead atoms. The van der Waals surface area contributed by atoms with Crippen LogP contribution in [0.2, 0.25) is 0 Å². The minimum Gasteiger partial charge on any atom is -0.379 e. The number of hydrogen-bond donors (Lipinski definition) is 2. The van der Waals surface area contributed by atoms with Crippen LogP contribution in [0, 0.1) is 0 Å². The molecule has 1 atom stereocenters. The summed E-state index contributed by atoms with van der Waals surface area (Å²) in [6.07, 6.45) is 5.74. The number of nitrogens with one attached hydrogen (secondary N) is 2. The topological polar surface area (TPSA) is 111 Å². The highest BCUT2D eigenvalue weighted by atomic mass is 16.5. The van der Waals surface area contributed by atoms with Crippen LogP contribution in [0.1, 0.15) is 18.9 Å². The molecule has 2 aromatic rings. The first-order chi connectivity index (χ1) is 11.1. The van der Waals surface area contributed by atoms with Gasteiger partial charge in [0.2, 0.25) is 5.91 Å². The molecule has 0 radical (unpaired) electrons. The third-order valence-corrected chi connectivity index (χ3v) is 3.64. The Bertz CT molecular complexity index is 800. The van der Waals surface area contributed by atoms with E-state index in [0.29, 0.717) is 12.3 Å². The van der Waals surface area contributed by atoms with Crippen molar-refractivity contribution >= 4 is 11.6 Å². The van der Waals surface area contributed by atoms with Gasteiger partial charge in [-0.05, 0) is 6.42 Å². The number of ether oxygens (including phenoxy) is 1. The zero-order valence-corrected chi connectivity index (χ0v) is 12.4. The lowest BCUT2D eigenvalue weighted by Gasteiger charge is -2.07. The second-order valence-electron chi connectivity index (χ2n) is 5.33. The van der Waals surface area contributed by atoms with Crippen LogP contribution in [-0.4, -0.2) is 38.5 Å². The van der Waals surface area contributed by atoms with Crippen LogP contribution >= 0.6 is 0 Å². The molecule has 3 heterocycles.